The van der Waals surface area contributed by atoms with Crippen molar-refractivity contribution in [2.75, 3.05) is 11.9 Å². The number of ketones is 1. The van der Waals surface area contributed by atoms with Crippen molar-refractivity contribution in [2.24, 2.45) is 0 Å². The predicted octanol–water partition coefficient (Wildman–Crippen LogP) is 4.65. The molecule has 2 aromatic rings. The fraction of sp³-hybridized carbons (Fsp3) is 0.263. The molecule has 0 bridgehead atoms. The van der Waals surface area contributed by atoms with Gasteiger partial charge >= 0.3 is 0 Å². The maximum absolute atomic E-state index is 11.9. The van der Waals surface area contributed by atoms with Gasteiger partial charge in [-0.25, -0.2) is 0 Å². The van der Waals surface area contributed by atoms with Gasteiger partial charge in [-0.3, -0.25) is 9.59 Å². The number of hydrogen-bond acceptors (Lipinski definition) is 3. The van der Waals surface area contributed by atoms with E-state index in [2.05, 4.69) is 5.32 Å². The lowest BCUT2D eigenvalue weighted by Crippen LogP contribution is -2.13. The fourth-order valence-electron chi connectivity index (χ4n) is 2.20. The van der Waals surface area contributed by atoms with Crippen LogP contribution >= 0.6 is 11.6 Å². The molecular weight excluding hydrogens is 326 g/mol. The van der Waals surface area contributed by atoms with E-state index in [9.17, 15) is 9.59 Å². The molecule has 0 saturated heterocycles. The average molecular weight is 346 g/mol. The van der Waals surface area contributed by atoms with Crippen molar-refractivity contribution >= 4 is 29.0 Å². The monoisotopic (exact) mass is 345 g/mol. The van der Waals surface area contributed by atoms with Crippen molar-refractivity contribution in [3.8, 4) is 5.75 Å². The van der Waals surface area contributed by atoms with Crippen molar-refractivity contribution in [1.82, 2.24) is 0 Å². The third-order valence-electron chi connectivity index (χ3n) is 3.52. The summed E-state index contributed by atoms with van der Waals surface area (Å²) in [6.45, 7) is 3.90. The molecule has 0 heterocycles. The Balaban J connectivity index is 1.74. The third kappa shape index (κ3) is 5.39. The standard InChI is InChI=1S/C19H20ClNO3/c1-13-12-16(20)7-10-18(13)24-11-3-4-19(23)21-17-8-5-15(6-9-17)14(2)22/h5-10,12H,3-4,11H2,1-2H3,(H,21,23). The number of aryl methyl sites for hydroxylation is 1. The number of benzene rings is 2. The van der Waals surface area contributed by atoms with Gasteiger partial charge in [0.2, 0.25) is 5.91 Å². The molecule has 5 heteroatoms. The van der Waals surface area contributed by atoms with Crippen LogP contribution in [0, 0.1) is 6.92 Å². The van der Waals surface area contributed by atoms with E-state index in [0.29, 0.717) is 35.7 Å². The number of anilines is 1. The minimum Gasteiger partial charge on any atom is -0.493 e. The molecule has 0 radical (unpaired) electrons. The molecular formula is C19H20ClNO3. The Bertz CT molecular complexity index is 726. The van der Waals surface area contributed by atoms with E-state index in [0.717, 1.165) is 11.3 Å². The molecule has 0 aliphatic carbocycles. The SMILES string of the molecule is CC(=O)c1ccc(NC(=O)CCCOc2ccc(Cl)cc2C)cc1. The second kappa shape index (κ2) is 8.50. The molecule has 0 aliphatic rings. The molecule has 0 fully saturated rings. The maximum Gasteiger partial charge on any atom is 0.224 e. The molecule has 0 aliphatic heterocycles. The summed E-state index contributed by atoms with van der Waals surface area (Å²) in [5.74, 6) is 0.698. The largest absolute Gasteiger partial charge is 0.493 e. The summed E-state index contributed by atoms with van der Waals surface area (Å²) in [4.78, 5) is 23.1. The normalized spacial score (nSPS) is 10.3. The fourth-order valence-corrected chi connectivity index (χ4v) is 2.43. The highest BCUT2D eigenvalue weighted by atomic mass is 35.5. The molecule has 1 N–H and O–H groups in total. The molecule has 2 rings (SSSR count). The molecule has 0 unspecified atom stereocenters. The van der Waals surface area contributed by atoms with E-state index < -0.39 is 0 Å². The summed E-state index contributed by atoms with van der Waals surface area (Å²) < 4.78 is 5.66. The summed E-state index contributed by atoms with van der Waals surface area (Å²) in [6.07, 6.45) is 0.973. The highest BCUT2D eigenvalue weighted by Crippen LogP contribution is 2.22. The van der Waals surface area contributed by atoms with E-state index >= 15 is 0 Å². The number of amides is 1. The maximum atomic E-state index is 11.9. The molecule has 1 amide bonds. The summed E-state index contributed by atoms with van der Waals surface area (Å²) in [6, 6.07) is 12.3. The van der Waals surface area contributed by atoms with Crippen LogP contribution in [0.5, 0.6) is 5.75 Å². The van der Waals surface area contributed by atoms with Crippen LogP contribution in [-0.2, 0) is 4.79 Å². The third-order valence-corrected chi connectivity index (χ3v) is 3.75. The summed E-state index contributed by atoms with van der Waals surface area (Å²) in [5.41, 5.74) is 2.27. The van der Waals surface area contributed by atoms with Crippen molar-refractivity contribution in [1.29, 1.82) is 0 Å². The number of carbonyl (C=O) groups excluding carboxylic acids is 2. The van der Waals surface area contributed by atoms with Crippen LogP contribution in [0.2, 0.25) is 5.02 Å². The van der Waals surface area contributed by atoms with Crippen LogP contribution in [0.25, 0.3) is 0 Å². The Morgan fingerprint density at radius 3 is 2.46 bits per heavy atom. The van der Waals surface area contributed by atoms with Crippen molar-refractivity contribution in [3.63, 3.8) is 0 Å². The van der Waals surface area contributed by atoms with Gasteiger partial charge in [0.1, 0.15) is 5.75 Å². The van der Waals surface area contributed by atoms with Crippen LogP contribution < -0.4 is 10.1 Å². The van der Waals surface area contributed by atoms with Gasteiger partial charge in [0, 0.05) is 22.7 Å². The van der Waals surface area contributed by atoms with Crippen molar-refractivity contribution in [2.45, 2.75) is 26.7 Å². The van der Waals surface area contributed by atoms with Gasteiger partial charge in [-0.1, -0.05) is 11.6 Å². The van der Waals surface area contributed by atoms with E-state index in [1.54, 1.807) is 30.3 Å². The predicted molar refractivity (Wildman–Crippen MR) is 96.0 cm³/mol. The number of nitrogens with one attached hydrogen (secondary N) is 1. The second-order valence-corrected chi connectivity index (χ2v) is 5.98. The number of carbonyl (C=O) groups is 2. The average Bonchev–Trinajstić information content (AvgIpc) is 2.53. The minimum absolute atomic E-state index is 0.00233. The van der Waals surface area contributed by atoms with Gasteiger partial charge in [-0.05, 0) is 68.3 Å². The number of ether oxygens (including phenoxy) is 1. The van der Waals surface area contributed by atoms with E-state index in [-0.39, 0.29) is 11.7 Å². The Kier molecular flexibility index (Phi) is 6.38. The molecule has 0 atom stereocenters. The number of halogens is 1. The number of Topliss-reactive ketones (excluding diaryl/α,β-unsaturated/α-hetero) is 1. The zero-order chi connectivity index (χ0) is 17.5. The van der Waals surface area contributed by atoms with Gasteiger partial charge in [0.25, 0.3) is 0 Å². The van der Waals surface area contributed by atoms with Crippen LogP contribution in [0.4, 0.5) is 5.69 Å². The first-order valence-electron chi connectivity index (χ1n) is 7.75. The van der Waals surface area contributed by atoms with Crippen molar-refractivity contribution < 1.29 is 14.3 Å². The highest BCUT2D eigenvalue weighted by molar-refractivity contribution is 6.30. The zero-order valence-electron chi connectivity index (χ0n) is 13.8. The van der Waals surface area contributed by atoms with Crippen LogP contribution in [0.3, 0.4) is 0 Å². The number of hydrogen-bond donors (Lipinski definition) is 1. The highest BCUT2D eigenvalue weighted by Gasteiger charge is 2.05. The second-order valence-electron chi connectivity index (χ2n) is 5.54. The van der Waals surface area contributed by atoms with E-state index in [4.69, 9.17) is 16.3 Å². The topological polar surface area (TPSA) is 55.4 Å². The number of rotatable bonds is 7. The Hall–Kier alpha value is -2.33. The van der Waals surface area contributed by atoms with E-state index in [1.807, 2.05) is 19.1 Å². The summed E-state index contributed by atoms with van der Waals surface area (Å²) >= 11 is 5.90. The molecule has 0 spiro atoms. The van der Waals surface area contributed by atoms with Crippen molar-refractivity contribution in [3.05, 3.63) is 58.6 Å². The lowest BCUT2D eigenvalue weighted by Gasteiger charge is -2.09. The van der Waals surface area contributed by atoms with Gasteiger partial charge in [-0.15, -0.1) is 0 Å². The first-order chi connectivity index (χ1) is 11.5. The molecule has 2 aromatic carbocycles. The first-order valence-corrected chi connectivity index (χ1v) is 8.13. The molecule has 24 heavy (non-hydrogen) atoms. The summed E-state index contributed by atoms with van der Waals surface area (Å²) in [7, 11) is 0. The quantitative estimate of drug-likeness (QED) is 0.587. The lowest BCUT2D eigenvalue weighted by atomic mass is 10.1. The van der Waals surface area contributed by atoms with Gasteiger partial charge in [0.05, 0.1) is 6.61 Å². The lowest BCUT2D eigenvalue weighted by molar-refractivity contribution is -0.116. The van der Waals surface area contributed by atoms with Crippen LogP contribution in [-0.4, -0.2) is 18.3 Å². The van der Waals surface area contributed by atoms with Gasteiger partial charge in [-0.2, -0.15) is 0 Å². The molecule has 4 nitrogen and oxygen atoms in total. The minimum atomic E-state index is -0.0815. The van der Waals surface area contributed by atoms with Gasteiger partial charge in [0.15, 0.2) is 5.78 Å². The van der Waals surface area contributed by atoms with Crippen LogP contribution in [0.1, 0.15) is 35.7 Å². The smallest absolute Gasteiger partial charge is 0.224 e. The Morgan fingerprint density at radius 1 is 1.12 bits per heavy atom. The molecule has 0 saturated carbocycles. The molecule has 126 valence electrons. The van der Waals surface area contributed by atoms with Crippen LogP contribution in [0.15, 0.2) is 42.5 Å². The Labute approximate surface area is 146 Å². The zero-order valence-corrected chi connectivity index (χ0v) is 14.5. The van der Waals surface area contributed by atoms with E-state index in [1.165, 1.54) is 6.92 Å². The summed E-state index contributed by atoms with van der Waals surface area (Å²) in [5, 5.41) is 3.48. The Morgan fingerprint density at radius 2 is 1.83 bits per heavy atom. The van der Waals surface area contributed by atoms with Gasteiger partial charge < -0.3 is 10.1 Å². The first kappa shape index (κ1) is 18.0. The molecule has 0 aromatic heterocycles.